The van der Waals surface area contributed by atoms with E-state index in [0.717, 1.165) is 19.4 Å². The van der Waals surface area contributed by atoms with E-state index in [1.807, 2.05) is 6.92 Å². The molecule has 3 heterocycles. The Morgan fingerprint density at radius 3 is 2.68 bits per heavy atom. The molecule has 0 radical (unpaired) electrons. The Hall–Kier alpha value is -1.40. The van der Waals surface area contributed by atoms with Gasteiger partial charge < -0.3 is 40.6 Å². The zero-order valence-corrected chi connectivity index (χ0v) is 22.2. The number of carbonyl (C=O) groups is 2. The number of ether oxygens (including phenoxy) is 3. The molecule has 37 heavy (non-hydrogen) atoms. The number of hydrogen-bond donors (Lipinski definition) is 5. The molecule has 4 rings (SSSR count). The SMILES string of the molecule is CC=C(C)C(=O)O[C@H]1CC2C(CC3OC(CO)CC(=O)C3C2O)O[C@@]1(C)[C@H](CO)CC1CCC(N)NC1. The normalized spacial score (nSPS) is 43.5. The van der Waals surface area contributed by atoms with E-state index in [4.69, 9.17) is 19.9 Å². The number of allylic oxidation sites excluding steroid dienone is 1. The molecule has 10 nitrogen and oxygen atoms in total. The molecule has 4 fully saturated rings. The Balaban J connectivity index is 1.60. The first kappa shape index (κ1) is 28.6. The van der Waals surface area contributed by atoms with Gasteiger partial charge in [-0.3, -0.25) is 4.79 Å². The molecule has 0 aromatic rings. The minimum atomic E-state index is -1.01. The smallest absolute Gasteiger partial charge is 0.333 e. The van der Waals surface area contributed by atoms with Gasteiger partial charge >= 0.3 is 5.97 Å². The molecule has 0 aromatic heterocycles. The van der Waals surface area contributed by atoms with Crippen LogP contribution in [0.2, 0.25) is 0 Å². The lowest BCUT2D eigenvalue weighted by Crippen LogP contribution is -2.66. The monoisotopic (exact) mass is 524 g/mol. The zero-order valence-electron chi connectivity index (χ0n) is 22.2. The van der Waals surface area contributed by atoms with Gasteiger partial charge in [0.2, 0.25) is 0 Å². The highest BCUT2D eigenvalue weighted by atomic mass is 16.6. The Kier molecular flexibility index (Phi) is 9.10. The molecule has 0 aromatic carbocycles. The number of Topliss-reactive ketones (excluding diaryl/α,β-unsaturated/α-hetero) is 1. The van der Waals surface area contributed by atoms with Crippen molar-refractivity contribution >= 4 is 11.8 Å². The molecule has 1 aliphatic carbocycles. The molecule has 3 aliphatic heterocycles. The average molecular weight is 525 g/mol. The highest BCUT2D eigenvalue weighted by Gasteiger charge is 2.59. The predicted molar refractivity (Wildman–Crippen MR) is 134 cm³/mol. The van der Waals surface area contributed by atoms with Gasteiger partial charge in [-0.05, 0) is 58.9 Å². The van der Waals surface area contributed by atoms with Gasteiger partial charge in [-0.1, -0.05) is 6.08 Å². The van der Waals surface area contributed by atoms with Gasteiger partial charge in [0.25, 0.3) is 0 Å². The van der Waals surface area contributed by atoms with Crippen molar-refractivity contribution in [1.29, 1.82) is 0 Å². The molecule has 1 saturated carbocycles. The van der Waals surface area contributed by atoms with Gasteiger partial charge in [-0.25, -0.2) is 4.79 Å². The highest BCUT2D eigenvalue weighted by Crippen LogP contribution is 2.49. The number of nitrogens with two attached hydrogens (primary N) is 1. The van der Waals surface area contributed by atoms with Crippen LogP contribution in [0.3, 0.4) is 0 Å². The molecule has 3 saturated heterocycles. The van der Waals surface area contributed by atoms with Gasteiger partial charge in [0.1, 0.15) is 17.5 Å². The van der Waals surface area contributed by atoms with Crippen molar-refractivity contribution in [2.75, 3.05) is 19.8 Å². The van der Waals surface area contributed by atoms with E-state index < -0.39 is 53.9 Å². The van der Waals surface area contributed by atoms with Crippen LogP contribution in [0.4, 0.5) is 0 Å². The van der Waals surface area contributed by atoms with E-state index in [0.29, 0.717) is 24.8 Å². The van der Waals surface area contributed by atoms with Crippen LogP contribution >= 0.6 is 0 Å². The first-order valence-electron chi connectivity index (χ1n) is 13.7. The Bertz CT molecular complexity index is 859. The fraction of sp³-hybridized carbons (Fsp3) is 0.852. The van der Waals surface area contributed by atoms with E-state index in [1.54, 1.807) is 19.9 Å². The third-order valence-electron chi connectivity index (χ3n) is 9.26. The topological polar surface area (TPSA) is 161 Å². The number of nitrogens with one attached hydrogen (secondary N) is 1. The number of aliphatic hydroxyl groups is 3. The van der Waals surface area contributed by atoms with E-state index in [2.05, 4.69) is 5.32 Å². The molecule has 6 N–H and O–H groups in total. The number of aliphatic hydroxyl groups excluding tert-OH is 3. The molecule has 210 valence electrons. The van der Waals surface area contributed by atoms with Crippen molar-refractivity contribution in [2.45, 2.75) is 102 Å². The van der Waals surface area contributed by atoms with Crippen LogP contribution in [0, 0.1) is 23.7 Å². The van der Waals surface area contributed by atoms with Crippen molar-refractivity contribution in [1.82, 2.24) is 5.32 Å². The van der Waals surface area contributed by atoms with E-state index in [1.165, 1.54) is 0 Å². The Morgan fingerprint density at radius 1 is 1.30 bits per heavy atom. The summed E-state index contributed by atoms with van der Waals surface area (Å²) in [5, 5.41) is 34.7. The van der Waals surface area contributed by atoms with E-state index in [-0.39, 0.29) is 43.4 Å². The summed E-state index contributed by atoms with van der Waals surface area (Å²) < 4.78 is 18.7. The van der Waals surface area contributed by atoms with Gasteiger partial charge in [0, 0.05) is 36.9 Å². The minimum absolute atomic E-state index is 0.0266. The summed E-state index contributed by atoms with van der Waals surface area (Å²) in [5.74, 6) is -1.75. The van der Waals surface area contributed by atoms with Crippen molar-refractivity contribution in [3.05, 3.63) is 11.6 Å². The number of hydrogen-bond acceptors (Lipinski definition) is 10. The summed E-state index contributed by atoms with van der Waals surface area (Å²) >= 11 is 0. The van der Waals surface area contributed by atoms with Crippen molar-refractivity contribution < 1.29 is 39.1 Å². The van der Waals surface area contributed by atoms with Crippen LogP contribution in [-0.2, 0) is 23.8 Å². The Morgan fingerprint density at radius 2 is 2.05 bits per heavy atom. The number of fused-ring (bicyclic) bond motifs is 2. The second kappa shape index (κ2) is 11.8. The molecular weight excluding hydrogens is 480 g/mol. The van der Waals surface area contributed by atoms with Crippen LogP contribution in [-0.4, -0.2) is 89.1 Å². The van der Waals surface area contributed by atoms with Crippen LogP contribution in [0.5, 0.6) is 0 Å². The molecular formula is C27H44N2O8. The van der Waals surface area contributed by atoms with Gasteiger partial charge in [-0.2, -0.15) is 0 Å². The number of ketones is 1. The number of carbonyl (C=O) groups excluding carboxylic acids is 2. The first-order valence-corrected chi connectivity index (χ1v) is 13.7. The van der Waals surface area contributed by atoms with Crippen molar-refractivity contribution in [2.24, 2.45) is 29.4 Å². The van der Waals surface area contributed by atoms with Gasteiger partial charge in [-0.15, -0.1) is 0 Å². The van der Waals surface area contributed by atoms with E-state index in [9.17, 15) is 24.9 Å². The fourth-order valence-electron chi connectivity index (χ4n) is 6.76. The molecule has 10 heteroatoms. The van der Waals surface area contributed by atoms with Gasteiger partial charge in [0.05, 0.1) is 43.1 Å². The summed E-state index contributed by atoms with van der Waals surface area (Å²) in [4.78, 5) is 25.7. The largest absolute Gasteiger partial charge is 0.456 e. The molecule has 8 unspecified atom stereocenters. The summed E-state index contributed by atoms with van der Waals surface area (Å²) in [7, 11) is 0. The number of rotatable bonds is 7. The number of esters is 1. The third kappa shape index (κ3) is 5.80. The highest BCUT2D eigenvalue weighted by molar-refractivity contribution is 5.87. The first-order chi connectivity index (χ1) is 17.6. The fourth-order valence-corrected chi connectivity index (χ4v) is 6.76. The van der Waals surface area contributed by atoms with Crippen molar-refractivity contribution in [3.8, 4) is 0 Å². The summed E-state index contributed by atoms with van der Waals surface area (Å²) in [5.41, 5.74) is 5.44. The quantitative estimate of drug-likeness (QED) is 0.233. The second-order valence-corrected chi connectivity index (χ2v) is 11.6. The lowest BCUT2D eigenvalue weighted by Gasteiger charge is -2.56. The lowest BCUT2D eigenvalue weighted by molar-refractivity contribution is -0.278. The molecule has 0 bridgehead atoms. The van der Waals surface area contributed by atoms with Crippen LogP contribution in [0.15, 0.2) is 11.6 Å². The van der Waals surface area contributed by atoms with Crippen molar-refractivity contribution in [3.63, 3.8) is 0 Å². The van der Waals surface area contributed by atoms with Crippen LogP contribution in [0.1, 0.15) is 59.3 Å². The zero-order chi connectivity index (χ0) is 26.9. The Labute approximate surface area is 218 Å². The summed E-state index contributed by atoms with van der Waals surface area (Å²) in [6.07, 6.45) is 1.54. The minimum Gasteiger partial charge on any atom is -0.456 e. The third-order valence-corrected chi connectivity index (χ3v) is 9.26. The molecule has 11 atom stereocenters. The van der Waals surface area contributed by atoms with Crippen LogP contribution < -0.4 is 11.1 Å². The molecule has 0 amide bonds. The summed E-state index contributed by atoms with van der Waals surface area (Å²) in [6, 6.07) is 0. The molecule has 0 spiro atoms. The van der Waals surface area contributed by atoms with E-state index >= 15 is 0 Å². The lowest BCUT2D eigenvalue weighted by atomic mass is 9.65. The standard InChI is InChI=1S/C27H44N2O8/c1-4-14(2)26(34)36-22-9-18-20(10-21-24(25(18)33)19(32)8-17(13-31)35-21)37-27(22,3)16(12-30)7-15-5-6-23(28)29-11-15/h4,15-18,20-25,29-31,33H,5-13,28H2,1-3H3/t15?,16-,17?,18?,20?,21?,22-,23?,24?,25?,27-/m0/s1. The summed E-state index contributed by atoms with van der Waals surface area (Å²) in [6.45, 7) is 5.66. The predicted octanol–water partition coefficient (Wildman–Crippen LogP) is 0.411. The molecule has 4 aliphatic rings. The maximum atomic E-state index is 12.9. The second-order valence-electron chi connectivity index (χ2n) is 11.6. The number of piperidine rings is 1. The average Bonchev–Trinajstić information content (AvgIpc) is 2.88. The van der Waals surface area contributed by atoms with Gasteiger partial charge in [0.15, 0.2) is 0 Å². The maximum Gasteiger partial charge on any atom is 0.333 e. The van der Waals surface area contributed by atoms with Crippen LogP contribution in [0.25, 0.3) is 0 Å². The maximum absolute atomic E-state index is 12.9.